The zero-order chi connectivity index (χ0) is 26.5. The second-order valence-corrected chi connectivity index (χ2v) is 9.85. The predicted molar refractivity (Wildman–Crippen MR) is 154 cm³/mol. The van der Waals surface area contributed by atoms with Crippen molar-refractivity contribution in [3.8, 4) is 22.6 Å². The van der Waals surface area contributed by atoms with Gasteiger partial charge in [-0.25, -0.2) is 0 Å². The van der Waals surface area contributed by atoms with Gasteiger partial charge in [0.1, 0.15) is 18.1 Å². The number of benzene rings is 4. The van der Waals surface area contributed by atoms with E-state index >= 15 is 0 Å². The molecule has 5 rings (SSSR count). The van der Waals surface area contributed by atoms with Gasteiger partial charge in [0, 0.05) is 48.0 Å². The minimum Gasteiger partial charge on any atom is -0.496 e. The van der Waals surface area contributed by atoms with Crippen LogP contribution in [0, 0.1) is 6.92 Å². The minimum atomic E-state index is 0.0172. The highest BCUT2D eigenvalue weighted by molar-refractivity contribution is 6.30. The Labute approximate surface area is 229 Å². The maximum absolute atomic E-state index is 13.4. The van der Waals surface area contributed by atoms with Gasteiger partial charge in [0.05, 0.1) is 7.11 Å². The van der Waals surface area contributed by atoms with Crippen LogP contribution in [-0.4, -0.2) is 44.1 Å². The number of aryl methyl sites for hydroxylation is 1. The molecule has 0 bridgehead atoms. The SMILES string of the molecule is COc1ccc(C(=O)N2CCN(c3cc(Cl)ccc3C)CC2)cc1COc1ccc(-c2ccccc2)cc1. The summed E-state index contributed by atoms with van der Waals surface area (Å²) < 4.78 is 11.6. The summed E-state index contributed by atoms with van der Waals surface area (Å²) in [5.41, 5.74) is 6.08. The molecule has 0 aliphatic carbocycles. The van der Waals surface area contributed by atoms with Crippen LogP contribution in [0.1, 0.15) is 21.5 Å². The number of piperazine rings is 1. The Morgan fingerprint density at radius 2 is 1.55 bits per heavy atom. The van der Waals surface area contributed by atoms with Crippen LogP contribution in [0.4, 0.5) is 5.69 Å². The first kappa shape index (κ1) is 25.7. The van der Waals surface area contributed by atoms with Crippen molar-refractivity contribution in [2.75, 3.05) is 38.2 Å². The van der Waals surface area contributed by atoms with Gasteiger partial charge >= 0.3 is 0 Å². The van der Waals surface area contributed by atoms with Crippen molar-refractivity contribution in [1.82, 2.24) is 4.90 Å². The second-order valence-electron chi connectivity index (χ2n) is 9.42. The summed E-state index contributed by atoms with van der Waals surface area (Å²) in [5.74, 6) is 1.48. The molecule has 0 saturated carbocycles. The van der Waals surface area contributed by atoms with Crippen molar-refractivity contribution in [2.45, 2.75) is 13.5 Å². The van der Waals surface area contributed by atoms with E-state index in [1.54, 1.807) is 7.11 Å². The first-order chi connectivity index (χ1) is 18.5. The number of hydrogen-bond donors (Lipinski definition) is 0. The first-order valence-electron chi connectivity index (χ1n) is 12.8. The summed E-state index contributed by atoms with van der Waals surface area (Å²) in [6.45, 7) is 5.21. The fraction of sp³-hybridized carbons (Fsp3) is 0.219. The third-order valence-corrected chi connectivity index (χ3v) is 7.20. The summed E-state index contributed by atoms with van der Waals surface area (Å²) in [4.78, 5) is 17.6. The van der Waals surface area contributed by atoms with Gasteiger partial charge in [-0.1, -0.05) is 60.1 Å². The van der Waals surface area contributed by atoms with Crippen LogP contribution >= 0.6 is 11.6 Å². The molecule has 0 aromatic heterocycles. The van der Waals surface area contributed by atoms with Crippen LogP contribution in [0.2, 0.25) is 5.02 Å². The maximum atomic E-state index is 13.4. The molecule has 1 amide bonds. The molecule has 4 aromatic carbocycles. The van der Waals surface area contributed by atoms with E-state index in [0.717, 1.165) is 46.2 Å². The average Bonchev–Trinajstić information content (AvgIpc) is 2.97. The van der Waals surface area contributed by atoms with Crippen molar-refractivity contribution < 1.29 is 14.3 Å². The van der Waals surface area contributed by atoms with E-state index in [1.807, 2.05) is 83.8 Å². The molecular formula is C32H31ClN2O3. The van der Waals surface area contributed by atoms with Gasteiger partial charge in [-0.3, -0.25) is 4.79 Å². The number of carbonyl (C=O) groups is 1. The number of ether oxygens (including phenoxy) is 2. The van der Waals surface area contributed by atoms with Gasteiger partial charge in [0.2, 0.25) is 0 Å². The number of amides is 1. The molecule has 0 radical (unpaired) electrons. The lowest BCUT2D eigenvalue weighted by Crippen LogP contribution is -2.49. The molecule has 0 unspecified atom stereocenters. The Hall–Kier alpha value is -3.96. The summed E-state index contributed by atoms with van der Waals surface area (Å²) in [6.07, 6.45) is 0. The standard InChI is InChI=1S/C32H31ClN2O3/c1-23-8-12-28(33)21-30(23)34-16-18-35(19-17-34)32(36)26-11-15-31(37-2)27(20-26)22-38-29-13-9-25(10-14-29)24-6-4-3-5-7-24/h3-15,20-21H,16-19,22H2,1-2H3. The minimum absolute atomic E-state index is 0.0172. The normalized spacial score (nSPS) is 13.3. The topological polar surface area (TPSA) is 42.0 Å². The van der Waals surface area contributed by atoms with Gasteiger partial charge in [0.25, 0.3) is 5.91 Å². The third-order valence-electron chi connectivity index (χ3n) is 6.96. The molecule has 1 heterocycles. The highest BCUT2D eigenvalue weighted by atomic mass is 35.5. The highest BCUT2D eigenvalue weighted by Gasteiger charge is 2.24. The number of methoxy groups -OCH3 is 1. The molecule has 194 valence electrons. The smallest absolute Gasteiger partial charge is 0.253 e. The molecule has 1 fully saturated rings. The van der Waals surface area contributed by atoms with Crippen LogP contribution in [0.25, 0.3) is 11.1 Å². The summed E-state index contributed by atoms with van der Waals surface area (Å²) >= 11 is 6.22. The van der Waals surface area contributed by atoms with Gasteiger partial charge in [-0.05, 0) is 66.1 Å². The van der Waals surface area contributed by atoms with Crippen LogP contribution in [0.3, 0.4) is 0 Å². The zero-order valence-corrected chi connectivity index (χ0v) is 22.4. The van der Waals surface area contributed by atoms with Crippen molar-refractivity contribution >= 4 is 23.2 Å². The lowest BCUT2D eigenvalue weighted by atomic mass is 10.1. The number of anilines is 1. The second kappa shape index (κ2) is 11.6. The van der Waals surface area contributed by atoms with Crippen molar-refractivity contribution in [3.63, 3.8) is 0 Å². The molecule has 0 spiro atoms. The molecular weight excluding hydrogens is 496 g/mol. The van der Waals surface area contributed by atoms with Gasteiger partial charge in [-0.15, -0.1) is 0 Å². The van der Waals surface area contributed by atoms with E-state index < -0.39 is 0 Å². The van der Waals surface area contributed by atoms with Crippen LogP contribution in [0.15, 0.2) is 91.0 Å². The van der Waals surface area contributed by atoms with Crippen molar-refractivity contribution in [1.29, 1.82) is 0 Å². The number of rotatable bonds is 7. The first-order valence-corrected chi connectivity index (χ1v) is 13.2. The Morgan fingerprint density at radius 3 is 2.26 bits per heavy atom. The van der Waals surface area contributed by atoms with Crippen molar-refractivity contribution in [2.24, 2.45) is 0 Å². The van der Waals surface area contributed by atoms with Crippen LogP contribution < -0.4 is 14.4 Å². The van der Waals surface area contributed by atoms with E-state index in [0.29, 0.717) is 31.0 Å². The number of carbonyl (C=O) groups excluding carboxylic acids is 1. The number of nitrogens with zero attached hydrogens (tertiary/aromatic N) is 2. The zero-order valence-electron chi connectivity index (χ0n) is 21.7. The van der Waals surface area contributed by atoms with Crippen LogP contribution in [-0.2, 0) is 6.61 Å². The monoisotopic (exact) mass is 526 g/mol. The quantitative estimate of drug-likeness (QED) is 0.263. The number of halogens is 1. The molecule has 1 aliphatic rings. The Morgan fingerprint density at radius 1 is 0.842 bits per heavy atom. The van der Waals surface area contributed by atoms with E-state index in [-0.39, 0.29) is 5.91 Å². The molecule has 0 atom stereocenters. The van der Waals surface area contributed by atoms with Crippen molar-refractivity contribution in [3.05, 3.63) is 113 Å². The fourth-order valence-electron chi connectivity index (χ4n) is 4.82. The summed E-state index contributed by atoms with van der Waals surface area (Å²) in [7, 11) is 1.63. The van der Waals surface area contributed by atoms with E-state index in [1.165, 1.54) is 5.56 Å². The molecule has 4 aromatic rings. The lowest BCUT2D eigenvalue weighted by molar-refractivity contribution is 0.0746. The molecule has 6 heteroatoms. The van der Waals surface area contributed by atoms with Crippen LogP contribution in [0.5, 0.6) is 11.5 Å². The fourth-order valence-corrected chi connectivity index (χ4v) is 4.98. The van der Waals surface area contributed by atoms with Gasteiger partial charge in [0.15, 0.2) is 0 Å². The Kier molecular flexibility index (Phi) is 7.85. The Bertz CT molecular complexity index is 1400. The third kappa shape index (κ3) is 5.79. The molecule has 0 N–H and O–H groups in total. The number of hydrogen-bond acceptors (Lipinski definition) is 4. The van der Waals surface area contributed by atoms with Gasteiger partial charge in [-0.2, -0.15) is 0 Å². The molecule has 5 nitrogen and oxygen atoms in total. The lowest BCUT2D eigenvalue weighted by Gasteiger charge is -2.37. The van der Waals surface area contributed by atoms with E-state index in [2.05, 4.69) is 24.0 Å². The molecule has 1 saturated heterocycles. The summed E-state index contributed by atoms with van der Waals surface area (Å²) in [6, 6.07) is 29.8. The predicted octanol–water partition coefficient (Wildman–Crippen LogP) is 6.87. The molecule has 1 aliphatic heterocycles. The molecule has 38 heavy (non-hydrogen) atoms. The average molecular weight is 527 g/mol. The van der Waals surface area contributed by atoms with E-state index in [4.69, 9.17) is 21.1 Å². The Balaban J connectivity index is 1.23. The van der Waals surface area contributed by atoms with E-state index in [9.17, 15) is 4.79 Å². The maximum Gasteiger partial charge on any atom is 0.253 e. The largest absolute Gasteiger partial charge is 0.496 e. The van der Waals surface area contributed by atoms with Gasteiger partial charge < -0.3 is 19.3 Å². The highest BCUT2D eigenvalue weighted by Crippen LogP contribution is 2.28. The summed E-state index contributed by atoms with van der Waals surface area (Å²) in [5, 5.41) is 0.726.